The number of piperidine rings is 1. The minimum absolute atomic E-state index is 0.0793. The largest absolute Gasteiger partial charge is 0.481 e. The molecule has 4 rings (SSSR count). The maximum Gasteiger partial charge on any atom is 0.253 e. The summed E-state index contributed by atoms with van der Waals surface area (Å²) in [7, 11) is 1.56. The quantitative estimate of drug-likeness (QED) is 0.870. The molecule has 1 saturated heterocycles. The van der Waals surface area contributed by atoms with Crippen molar-refractivity contribution >= 4 is 11.7 Å². The summed E-state index contributed by atoms with van der Waals surface area (Å²) in [5.41, 5.74) is 1.82. The highest BCUT2D eigenvalue weighted by atomic mass is 16.5. The van der Waals surface area contributed by atoms with E-state index < -0.39 is 0 Å². The van der Waals surface area contributed by atoms with Gasteiger partial charge in [-0.2, -0.15) is 5.10 Å². The van der Waals surface area contributed by atoms with E-state index in [-0.39, 0.29) is 11.9 Å². The lowest BCUT2D eigenvalue weighted by atomic mass is 10.0. The Hall–Kier alpha value is -2.57. The number of nitrogens with one attached hydrogen (secondary N) is 2. The number of methoxy groups -OCH3 is 1. The molecular formula is C18H23N5O2. The fraction of sp³-hybridized carbons (Fsp3) is 0.500. The van der Waals surface area contributed by atoms with Gasteiger partial charge in [-0.25, -0.2) is 4.98 Å². The van der Waals surface area contributed by atoms with Gasteiger partial charge in [-0.1, -0.05) is 0 Å². The predicted molar refractivity (Wildman–Crippen MR) is 94.1 cm³/mol. The van der Waals surface area contributed by atoms with Gasteiger partial charge in [-0.3, -0.25) is 9.89 Å². The Morgan fingerprint density at radius 3 is 2.72 bits per heavy atom. The molecule has 25 heavy (non-hydrogen) atoms. The molecule has 2 aromatic rings. The Morgan fingerprint density at radius 2 is 2.08 bits per heavy atom. The van der Waals surface area contributed by atoms with Crippen molar-refractivity contribution < 1.29 is 9.53 Å². The van der Waals surface area contributed by atoms with Crippen LogP contribution >= 0.6 is 0 Å². The molecule has 0 aromatic carbocycles. The fourth-order valence-electron chi connectivity index (χ4n) is 3.25. The number of rotatable bonds is 5. The number of hydrogen-bond donors (Lipinski definition) is 2. The van der Waals surface area contributed by atoms with Crippen LogP contribution < -0.4 is 15.0 Å². The number of aromatic amines is 1. The molecule has 3 heterocycles. The predicted octanol–water partition coefficient (Wildman–Crippen LogP) is 2.09. The molecule has 2 aliphatic rings. The summed E-state index contributed by atoms with van der Waals surface area (Å²) in [5, 5.41) is 10.7. The first-order chi connectivity index (χ1) is 12.2. The second-order valence-electron chi connectivity index (χ2n) is 6.78. The van der Waals surface area contributed by atoms with Crippen molar-refractivity contribution in [3.05, 3.63) is 35.7 Å². The van der Waals surface area contributed by atoms with Crippen LogP contribution in [-0.4, -0.2) is 47.3 Å². The minimum atomic E-state index is -0.0793. The van der Waals surface area contributed by atoms with Crippen molar-refractivity contribution in [1.82, 2.24) is 20.5 Å². The Bertz CT molecular complexity index is 730. The van der Waals surface area contributed by atoms with E-state index >= 15 is 0 Å². The van der Waals surface area contributed by atoms with E-state index in [9.17, 15) is 4.79 Å². The second-order valence-corrected chi connectivity index (χ2v) is 6.78. The molecule has 2 N–H and O–H groups in total. The number of hydrogen-bond acceptors (Lipinski definition) is 5. The van der Waals surface area contributed by atoms with Gasteiger partial charge in [0.1, 0.15) is 0 Å². The van der Waals surface area contributed by atoms with Crippen molar-refractivity contribution in [3.8, 4) is 5.88 Å². The zero-order valence-electron chi connectivity index (χ0n) is 14.4. The van der Waals surface area contributed by atoms with E-state index in [1.165, 1.54) is 18.5 Å². The summed E-state index contributed by atoms with van der Waals surface area (Å²) < 4.78 is 5.02. The number of H-pyrrole nitrogens is 1. The molecule has 0 atom stereocenters. The minimum Gasteiger partial charge on any atom is -0.481 e. The molecule has 0 unspecified atom stereocenters. The number of carbonyl (C=O) groups is 1. The Balaban J connectivity index is 1.29. The molecule has 1 aliphatic heterocycles. The molecule has 0 spiro atoms. The number of pyridine rings is 1. The van der Waals surface area contributed by atoms with Crippen molar-refractivity contribution in [2.45, 2.75) is 37.6 Å². The Kier molecular flexibility index (Phi) is 4.29. The lowest BCUT2D eigenvalue weighted by Crippen LogP contribution is -2.44. The van der Waals surface area contributed by atoms with Gasteiger partial charge in [0.15, 0.2) is 5.82 Å². The van der Waals surface area contributed by atoms with E-state index in [0.29, 0.717) is 17.4 Å². The van der Waals surface area contributed by atoms with Gasteiger partial charge in [-0.05, 0) is 31.7 Å². The lowest BCUT2D eigenvalue weighted by Gasteiger charge is -2.32. The van der Waals surface area contributed by atoms with E-state index in [1.54, 1.807) is 25.4 Å². The van der Waals surface area contributed by atoms with E-state index in [4.69, 9.17) is 4.74 Å². The summed E-state index contributed by atoms with van der Waals surface area (Å²) in [6.07, 6.45) is 5.93. The third-order valence-corrected chi connectivity index (χ3v) is 4.96. The van der Waals surface area contributed by atoms with Gasteiger partial charge in [0.2, 0.25) is 5.88 Å². The Labute approximate surface area is 146 Å². The summed E-state index contributed by atoms with van der Waals surface area (Å²) in [4.78, 5) is 18.7. The van der Waals surface area contributed by atoms with Crippen LogP contribution in [-0.2, 0) is 0 Å². The smallest absolute Gasteiger partial charge is 0.253 e. The van der Waals surface area contributed by atoms with E-state index in [0.717, 1.165) is 31.7 Å². The molecule has 1 aliphatic carbocycles. The third kappa shape index (κ3) is 3.60. The van der Waals surface area contributed by atoms with E-state index in [2.05, 4.69) is 31.5 Å². The van der Waals surface area contributed by atoms with Gasteiger partial charge in [0.25, 0.3) is 5.91 Å². The second kappa shape index (κ2) is 6.74. The first kappa shape index (κ1) is 15.9. The van der Waals surface area contributed by atoms with Crippen LogP contribution in [0.5, 0.6) is 5.88 Å². The molecule has 2 fully saturated rings. The molecule has 7 nitrogen and oxygen atoms in total. The highest BCUT2D eigenvalue weighted by molar-refractivity contribution is 5.94. The summed E-state index contributed by atoms with van der Waals surface area (Å²) in [5.74, 6) is 2.15. The first-order valence-corrected chi connectivity index (χ1v) is 8.84. The van der Waals surface area contributed by atoms with Crippen LogP contribution in [0.4, 0.5) is 5.82 Å². The van der Waals surface area contributed by atoms with Crippen LogP contribution in [0, 0.1) is 0 Å². The molecule has 1 saturated carbocycles. The topological polar surface area (TPSA) is 83.1 Å². The average Bonchev–Trinajstić information content (AvgIpc) is 3.39. The van der Waals surface area contributed by atoms with E-state index in [1.807, 2.05) is 0 Å². The average molecular weight is 341 g/mol. The number of amides is 1. The van der Waals surface area contributed by atoms with Gasteiger partial charge in [0.05, 0.1) is 12.7 Å². The fourth-order valence-corrected chi connectivity index (χ4v) is 3.25. The van der Waals surface area contributed by atoms with Gasteiger partial charge >= 0.3 is 0 Å². The maximum atomic E-state index is 12.3. The molecule has 132 valence electrons. The highest BCUT2D eigenvalue weighted by Crippen LogP contribution is 2.40. The maximum absolute atomic E-state index is 12.3. The monoisotopic (exact) mass is 341 g/mol. The lowest BCUT2D eigenvalue weighted by molar-refractivity contribution is 0.0930. The van der Waals surface area contributed by atoms with Crippen LogP contribution in [0.1, 0.15) is 47.7 Å². The summed E-state index contributed by atoms with van der Waals surface area (Å²) >= 11 is 0. The Morgan fingerprint density at radius 1 is 1.28 bits per heavy atom. The number of nitrogens with zero attached hydrogens (tertiary/aromatic N) is 3. The van der Waals surface area contributed by atoms with Crippen LogP contribution in [0.2, 0.25) is 0 Å². The third-order valence-electron chi connectivity index (χ3n) is 4.96. The van der Waals surface area contributed by atoms with Crippen LogP contribution in [0.3, 0.4) is 0 Å². The SMILES string of the molecule is COc1ccc(C(=O)NC2CCN(c3cc(C4CC4)[nH]n3)CC2)cn1. The molecule has 1 amide bonds. The number of aromatic nitrogens is 3. The standard InChI is InChI=1S/C18H23N5O2/c1-25-17-5-4-13(11-19-17)18(24)20-14-6-8-23(9-7-14)16-10-15(21-22-16)12-2-3-12/h4-5,10-12,14H,2-3,6-9H2,1H3,(H,20,24)(H,21,22). The number of anilines is 1. The van der Waals surface area contributed by atoms with Crippen molar-refractivity contribution in [1.29, 1.82) is 0 Å². The van der Waals surface area contributed by atoms with Crippen LogP contribution in [0.15, 0.2) is 24.4 Å². The van der Waals surface area contributed by atoms with Gasteiger partial charge in [-0.15, -0.1) is 0 Å². The zero-order valence-corrected chi connectivity index (χ0v) is 14.4. The van der Waals surface area contributed by atoms with Crippen LogP contribution in [0.25, 0.3) is 0 Å². The number of ether oxygens (including phenoxy) is 1. The summed E-state index contributed by atoms with van der Waals surface area (Å²) in [6, 6.07) is 5.80. The van der Waals surface area contributed by atoms with Gasteiger partial charge < -0.3 is 15.0 Å². The highest BCUT2D eigenvalue weighted by Gasteiger charge is 2.27. The molecular weight excluding hydrogens is 318 g/mol. The van der Waals surface area contributed by atoms with Crippen molar-refractivity contribution in [3.63, 3.8) is 0 Å². The molecule has 0 radical (unpaired) electrons. The molecule has 0 bridgehead atoms. The van der Waals surface area contributed by atoms with Gasteiger partial charge in [0, 0.05) is 49.1 Å². The molecule has 2 aromatic heterocycles. The van der Waals surface area contributed by atoms with Crippen molar-refractivity contribution in [2.75, 3.05) is 25.1 Å². The normalized spacial score (nSPS) is 18.2. The zero-order chi connectivity index (χ0) is 17.2. The number of carbonyl (C=O) groups excluding carboxylic acids is 1. The first-order valence-electron chi connectivity index (χ1n) is 8.84. The molecule has 7 heteroatoms. The summed E-state index contributed by atoms with van der Waals surface area (Å²) in [6.45, 7) is 1.81. The van der Waals surface area contributed by atoms with Crippen molar-refractivity contribution in [2.24, 2.45) is 0 Å².